The summed E-state index contributed by atoms with van der Waals surface area (Å²) in [4.78, 5) is 87.9. The van der Waals surface area contributed by atoms with Gasteiger partial charge in [-0.05, 0) is 24.8 Å². The summed E-state index contributed by atoms with van der Waals surface area (Å²) in [6, 6.07) is 2.32. The van der Waals surface area contributed by atoms with Gasteiger partial charge in [-0.2, -0.15) is 0 Å². The Kier molecular flexibility index (Phi) is 11.6. The molecule has 0 aromatic heterocycles. The summed E-state index contributed by atoms with van der Waals surface area (Å²) in [5.74, 6) is -4.12. The van der Waals surface area contributed by atoms with E-state index in [0.29, 0.717) is 5.75 Å². The molecule has 0 radical (unpaired) electrons. The molecule has 2 atom stereocenters. The molecule has 1 aliphatic rings. The highest BCUT2D eigenvalue weighted by Gasteiger charge is 2.38. The molecule has 0 spiro atoms. The minimum Gasteiger partial charge on any atom is -0.481 e. The Morgan fingerprint density at radius 3 is 2.40 bits per heavy atom. The van der Waals surface area contributed by atoms with Crippen molar-refractivity contribution in [3.05, 3.63) is 34.9 Å². The summed E-state index contributed by atoms with van der Waals surface area (Å²) in [5.41, 5.74) is 5.45. The smallest absolute Gasteiger partial charge is 0.317 e. The number of nitrogens with one attached hydrogen (secondary N) is 3. The minimum atomic E-state index is -1.43. The number of hydrogen-bond acceptors (Lipinski definition) is 9. The number of nitrogens with zero attached hydrogens (tertiary/aromatic N) is 2. The fourth-order valence-corrected chi connectivity index (χ4v) is 4.53. The summed E-state index contributed by atoms with van der Waals surface area (Å²) in [6.45, 7) is 1.14. The van der Waals surface area contributed by atoms with Gasteiger partial charge in [-0.15, -0.1) is 11.8 Å². The van der Waals surface area contributed by atoms with E-state index in [-0.39, 0.29) is 28.3 Å². The minimum absolute atomic E-state index is 0.0204. The fourth-order valence-electron chi connectivity index (χ4n) is 3.76. The first-order valence-corrected chi connectivity index (χ1v) is 12.9. The van der Waals surface area contributed by atoms with E-state index in [9.17, 15) is 38.7 Å². The molecule has 216 valence electrons. The van der Waals surface area contributed by atoms with E-state index >= 15 is 0 Å². The zero-order valence-corrected chi connectivity index (χ0v) is 22.5. The van der Waals surface area contributed by atoms with Crippen molar-refractivity contribution in [1.82, 2.24) is 16.0 Å². The van der Waals surface area contributed by atoms with Crippen LogP contribution in [0.4, 0.5) is 16.2 Å². The third-order valence-corrected chi connectivity index (χ3v) is 6.53. The molecule has 1 aliphatic heterocycles. The number of carboxylic acids is 1. The Bertz CT molecular complexity index is 1220. The van der Waals surface area contributed by atoms with Gasteiger partial charge in [0.15, 0.2) is 0 Å². The number of urea groups is 1. The molecule has 40 heavy (non-hydrogen) atoms. The molecule has 1 heterocycles. The van der Waals surface area contributed by atoms with E-state index in [1.54, 1.807) is 13.0 Å². The number of aliphatic hydroxyl groups excluding tert-OH is 1. The zero-order chi connectivity index (χ0) is 30.0. The maximum absolute atomic E-state index is 13.7. The molecule has 0 fully saturated rings. The number of primary amides is 1. The van der Waals surface area contributed by atoms with Gasteiger partial charge >= 0.3 is 12.0 Å². The molecule has 1 aromatic carbocycles. The lowest BCUT2D eigenvalue weighted by Crippen LogP contribution is -2.55. The number of para-hydroxylation sites is 2. The van der Waals surface area contributed by atoms with Gasteiger partial charge in [0, 0.05) is 5.57 Å². The largest absolute Gasteiger partial charge is 0.481 e. The number of anilines is 2. The first-order chi connectivity index (χ1) is 18.9. The van der Waals surface area contributed by atoms with Crippen LogP contribution in [0.15, 0.2) is 34.9 Å². The predicted octanol–water partition coefficient (Wildman–Crippen LogP) is -1.35. The van der Waals surface area contributed by atoms with Crippen molar-refractivity contribution < 1.29 is 43.8 Å². The lowest BCUT2D eigenvalue weighted by molar-refractivity contribution is -0.139. The van der Waals surface area contributed by atoms with Gasteiger partial charge in [-0.25, -0.2) is 4.79 Å². The van der Waals surface area contributed by atoms with Crippen LogP contribution in [0.3, 0.4) is 0 Å². The van der Waals surface area contributed by atoms with Gasteiger partial charge in [0.25, 0.3) is 11.8 Å². The van der Waals surface area contributed by atoms with E-state index in [1.165, 1.54) is 25.1 Å². The van der Waals surface area contributed by atoms with Crippen LogP contribution in [-0.4, -0.2) is 89.7 Å². The van der Waals surface area contributed by atoms with Crippen molar-refractivity contribution in [2.24, 2.45) is 5.73 Å². The van der Waals surface area contributed by atoms with Crippen LogP contribution in [0.5, 0.6) is 0 Å². The van der Waals surface area contributed by atoms with E-state index in [2.05, 4.69) is 16.0 Å². The second-order valence-electron chi connectivity index (χ2n) is 8.39. The zero-order valence-electron chi connectivity index (χ0n) is 21.7. The fraction of sp³-hybridized carbons (Fsp3) is 0.375. The third kappa shape index (κ3) is 8.28. The number of benzene rings is 1. The van der Waals surface area contributed by atoms with Gasteiger partial charge in [0.2, 0.25) is 11.8 Å². The number of fused-ring (bicyclic) bond motifs is 1. The second kappa shape index (κ2) is 14.6. The Balaban J connectivity index is 2.49. The van der Waals surface area contributed by atoms with Crippen LogP contribution in [0.25, 0.3) is 0 Å². The van der Waals surface area contributed by atoms with Crippen molar-refractivity contribution in [2.45, 2.75) is 32.4 Å². The second-order valence-corrected chi connectivity index (χ2v) is 9.66. The van der Waals surface area contributed by atoms with Crippen LogP contribution in [0, 0.1) is 0 Å². The molecule has 0 bridgehead atoms. The molecule has 0 aliphatic carbocycles. The first-order valence-electron chi connectivity index (χ1n) is 11.9. The van der Waals surface area contributed by atoms with Crippen LogP contribution >= 0.6 is 11.8 Å². The number of carbonyl (C=O) groups is 7. The summed E-state index contributed by atoms with van der Waals surface area (Å²) < 4.78 is 0. The van der Waals surface area contributed by atoms with Gasteiger partial charge in [-0.1, -0.05) is 19.1 Å². The number of nitrogens with two attached hydrogens (primary N) is 1. The number of amides is 6. The van der Waals surface area contributed by atoms with Crippen molar-refractivity contribution in [3.63, 3.8) is 0 Å². The van der Waals surface area contributed by atoms with E-state index < -0.39 is 73.8 Å². The molecule has 16 heteroatoms. The number of thioether (sulfide) groups is 1. The number of carbonyl (C=O) groups excluding carboxylic acids is 6. The maximum Gasteiger partial charge on any atom is 0.317 e. The molecule has 2 rings (SSSR count). The number of aldehydes is 1. The molecule has 7 N–H and O–H groups in total. The van der Waals surface area contributed by atoms with E-state index in [4.69, 9.17) is 10.8 Å². The van der Waals surface area contributed by atoms with Crippen LogP contribution in [0.2, 0.25) is 0 Å². The van der Waals surface area contributed by atoms with Gasteiger partial charge in [0.05, 0.1) is 35.4 Å². The summed E-state index contributed by atoms with van der Waals surface area (Å²) in [7, 11) is 0. The molecular formula is C24H30N6O9S. The molecule has 0 saturated carbocycles. The quantitative estimate of drug-likeness (QED) is 0.126. The van der Waals surface area contributed by atoms with Crippen LogP contribution in [-0.2, 0) is 28.8 Å². The standard InChI is InChI=1S/C24H30N6O9S/c1-3-40-22(28-24(25)39)13(2)21(37)27-15-9-29(19(34)12-32)16-6-4-5-7-17(16)30(23(15)38)10-18(33)26-14(11-31)8-20(35)36/h4-7,11,14-15,32H,3,8-10,12H2,1-2H3,(H,26,33)(H,27,37)(H,35,36)(H3,25,28,39)/b22-13+/t14-,15-/m0/s1. The number of aliphatic hydroxyl groups is 1. The molecule has 6 amide bonds. The normalized spacial score (nSPS) is 16.1. The molecule has 0 unspecified atom stereocenters. The molecular weight excluding hydrogens is 548 g/mol. The van der Waals surface area contributed by atoms with Crippen molar-refractivity contribution in [2.75, 3.05) is 35.2 Å². The van der Waals surface area contributed by atoms with Gasteiger partial charge in [-0.3, -0.25) is 28.9 Å². The SMILES string of the molecule is CCS/C(NC(N)=O)=C(\C)C(=O)N[C@H]1CN(C(=O)CO)c2ccccc2N(CC(=O)N[C@H](C=O)CC(=O)O)C1=O. The average Bonchev–Trinajstić information content (AvgIpc) is 3.01. The van der Waals surface area contributed by atoms with Gasteiger partial charge < -0.3 is 41.6 Å². The van der Waals surface area contributed by atoms with Crippen LogP contribution < -0.4 is 31.5 Å². The number of aliphatic carboxylic acids is 1. The highest BCUT2D eigenvalue weighted by atomic mass is 32.2. The lowest BCUT2D eigenvalue weighted by atomic mass is 10.2. The average molecular weight is 579 g/mol. The highest BCUT2D eigenvalue weighted by molar-refractivity contribution is 8.03. The van der Waals surface area contributed by atoms with Gasteiger partial charge in [0.1, 0.15) is 25.5 Å². The van der Waals surface area contributed by atoms with E-state index in [1.807, 2.05) is 0 Å². The molecule has 1 aromatic rings. The van der Waals surface area contributed by atoms with Crippen LogP contribution in [0.1, 0.15) is 20.3 Å². The number of rotatable bonds is 12. The van der Waals surface area contributed by atoms with E-state index in [0.717, 1.165) is 21.6 Å². The predicted molar refractivity (Wildman–Crippen MR) is 144 cm³/mol. The number of carboxylic acid groups (broad SMARTS) is 1. The monoisotopic (exact) mass is 578 g/mol. The Hall–Kier alpha value is -4.44. The lowest BCUT2D eigenvalue weighted by Gasteiger charge is -2.25. The first kappa shape index (κ1) is 31.8. The molecule has 0 saturated heterocycles. The summed E-state index contributed by atoms with van der Waals surface area (Å²) in [6.07, 6.45) is -0.434. The summed E-state index contributed by atoms with van der Waals surface area (Å²) >= 11 is 1.12. The third-order valence-electron chi connectivity index (χ3n) is 5.55. The molecule has 15 nitrogen and oxygen atoms in total. The summed E-state index contributed by atoms with van der Waals surface area (Å²) in [5, 5.41) is 25.7. The highest BCUT2D eigenvalue weighted by Crippen LogP contribution is 2.33. The Morgan fingerprint density at radius 1 is 1.20 bits per heavy atom. The van der Waals surface area contributed by atoms with Crippen molar-refractivity contribution in [1.29, 1.82) is 0 Å². The van der Waals surface area contributed by atoms with Crippen molar-refractivity contribution in [3.8, 4) is 0 Å². The topological polar surface area (TPSA) is 229 Å². The Labute approximate surface area is 233 Å². The van der Waals surface area contributed by atoms with Crippen molar-refractivity contribution >= 4 is 65.1 Å². The number of hydrogen-bond donors (Lipinski definition) is 6. The maximum atomic E-state index is 13.7. The Morgan fingerprint density at radius 2 is 1.85 bits per heavy atom.